The van der Waals surface area contributed by atoms with Crippen molar-refractivity contribution in [3.63, 3.8) is 0 Å². The normalized spacial score (nSPS) is 22.1. The van der Waals surface area contributed by atoms with Crippen LogP contribution < -0.4 is 26.1 Å². The summed E-state index contributed by atoms with van der Waals surface area (Å²) in [5.41, 5.74) is 4.50. The number of para-hydroxylation sites is 1. The molecule has 2 saturated heterocycles. The Morgan fingerprint density at radius 1 is 1.00 bits per heavy atom. The number of hydrazine groups is 1. The highest BCUT2D eigenvalue weighted by atomic mass is 32.1. The number of rotatable bonds is 9. The molecule has 226 valence electrons. The van der Waals surface area contributed by atoms with E-state index in [9.17, 15) is 14.4 Å². The van der Waals surface area contributed by atoms with Gasteiger partial charge in [-0.2, -0.15) is 0 Å². The largest absolute Gasteiger partial charge is 0.468 e. The van der Waals surface area contributed by atoms with E-state index in [2.05, 4.69) is 38.3 Å². The molecule has 2 atom stereocenters. The molecule has 43 heavy (non-hydrogen) atoms. The smallest absolute Gasteiger partial charge is 0.252 e. The van der Waals surface area contributed by atoms with E-state index in [0.717, 1.165) is 61.8 Å². The van der Waals surface area contributed by atoms with Gasteiger partial charge in [0.05, 0.1) is 5.69 Å². The number of aromatic nitrogens is 1. The van der Waals surface area contributed by atoms with Crippen molar-refractivity contribution >= 4 is 34.2 Å². The summed E-state index contributed by atoms with van der Waals surface area (Å²) in [4.78, 5) is 46.5. The van der Waals surface area contributed by atoms with Crippen LogP contribution in [-0.4, -0.2) is 83.6 Å². The fourth-order valence-corrected chi connectivity index (χ4v) is 6.42. The molecule has 3 aliphatic rings. The molecule has 4 N–H and O–H groups in total. The number of likely N-dealkylation sites (N-methyl/N-ethyl adjacent to an activating group) is 1. The van der Waals surface area contributed by atoms with Gasteiger partial charge in [-0.25, -0.2) is 9.99 Å². The molecule has 3 aromatic rings. The van der Waals surface area contributed by atoms with Crippen LogP contribution in [0.15, 0.2) is 60.0 Å². The highest BCUT2D eigenvalue weighted by molar-refractivity contribution is 7.14. The van der Waals surface area contributed by atoms with Crippen LogP contribution in [0.2, 0.25) is 0 Å². The quantitative estimate of drug-likeness (QED) is 0.275. The van der Waals surface area contributed by atoms with E-state index in [0.29, 0.717) is 24.2 Å². The molecule has 1 aliphatic carbocycles. The van der Waals surface area contributed by atoms with E-state index in [1.165, 1.54) is 0 Å². The molecular weight excluding hydrogens is 566 g/mol. The second-order valence-corrected chi connectivity index (χ2v) is 12.3. The van der Waals surface area contributed by atoms with Crippen molar-refractivity contribution in [2.75, 3.05) is 38.7 Å². The zero-order chi connectivity index (χ0) is 29.8. The summed E-state index contributed by atoms with van der Waals surface area (Å²) in [6.07, 6.45) is 2.93. The molecule has 6 rings (SSSR count). The predicted molar refractivity (Wildman–Crippen MR) is 164 cm³/mol. The molecule has 0 unspecified atom stereocenters. The zero-order valence-electron chi connectivity index (χ0n) is 24.2. The maximum atomic E-state index is 13.7. The minimum absolute atomic E-state index is 0.314. The summed E-state index contributed by atoms with van der Waals surface area (Å²) >= 11 is 1.55. The van der Waals surface area contributed by atoms with Gasteiger partial charge in [0.2, 0.25) is 12.1 Å². The number of benzene rings is 2. The first-order valence-corrected chi connectivity index (χ1v) is 15.7. The Balaban J connectivity index is 1.09. The van der Waals surface area contributed by atoms with E-state index in [4.69, 9.17) is 9.72 Å². The van der Waals surface area contributed by atoms with Gasteiger partial charge in [-0.3, -0.25) is 19.8 Å². The average Bonchev–Trinajstić information content (AvgIpc) is 3.50. The van der Waals surface area contributed by atoms with Crippen molar-refractivity contribution < 1.29 is 19.1 Å². The monoisotopic (exact) mass is 603 g/mol. The number of amides is 3. The van der Waals surface area contributed by atoms with E-state index in [1.807, 2.05) is 35.7 Å². The molecule has 12 heteroatoms. The van der Waals surface area contributed by atoms with Gasteiger partial charge in [0.1, 0.15) is 11.3 Å². The number of hydrogen-bond donors (Lipinski definition) is 4. The van der Waals surface area contributed by atoms with Crippen LogP contribution in [0.5, 0.6) is 5.75 Å². The van der Waals surface area contributed by atoms with Gasteiger partial charge in [0.15, 0.2) is 11.2 Å². The highest BCUT2D eigenvalue weighted by Crippen LogP contribution is 2.30. The third-order valence-corrected chi connectivity index (χ3v) is 9.11. The Morgan fingerprint density at radius 3 is 2.42 bits per heavy atom. The fraction of sp³-hybridized carbons (Fsp3) is 0.419. The first kappa shape index (κ1) is 29.1. The van der Waals surface area contributed by atoms with E-state index >= 15 is 0 Å². The van der Waals surface area contributed by atoms with Gasteiger partial charge in [-0.15, -0.1) is 11.3 Å². The average molecular weight is 604 g/mol. The maximum absolute atomic E-state index is 13.7. The predicted octanol–water partition coefficient (Wildman–Crippen LogP) is 2.84. The molecule has 2 aliphatic heterocycles. The molecule has 0 bridgehead atoms. The molecule has 0 radical (unpaired) electrons. The van der Waals surface area contributed by atoms with Crippen LogP contribution in [0.3, 0.4) is 0 Å². The van der Waals surface area contributed by atoms with Gasteiger partial charge in [-0.1, -0.05) is 49.6 Å². The van der Waals surface area contributed by atoms with E-state index in [1.54, 1.807) is 35.6 Å². The number of carbonyl (C=O) groups is 3. The number of thiazole rings is 1. The minimum Gasteiger partial charge on any atom is -0.468 e. The molecule has 3 amide bonds. The third kappa shape index (κ3) is 6.66. The van der Waals surface area contributed by atoms with Crippen LogP contribution in [0.1, 0.15) is 42.5 Å². The van der Waals surface area contributed by atoms with Crippen molar-refractivity contribution in [3.8, 4) is 17.0 Å². The Labute approximate surface area is 255 Å². The van der Waals surface area contributed by atoms with Crippen molar-refractivity contribution in [2.24, 2.45) is 0 Å². The second-order valence-electron chi connectivity index (χ2n) is 11.4. The van der Waals surface area contributed by atoms with Crippen LogP contribution >= 0.6 is 11.3 Å². The van der Waals surface area contributed by atoms with Crippen molar-refractivity contribution in [1.82, 2.24) is 30.8 Å². The number of nitrogens with one attached hydrogen (secondary N) is 4. The number of nitrogens with zero attached hydrogens (tertiary/aromatic N) is 3. The Bertz CT molecular complexity index is 1430. The number of hydrogen-bond acceptors (Lipinski definition) is 9. The molecule has 2 aromatic carbocycles. The lowest BCUT2D eigenvalue weighted by Crippen LogP contribution is -2.74. The highest BCUT2D eigenvalue weighted by Gasteiger charge is 2.48. The first-order valence-electron chi connectivity index (χ1n) is 14.8. The van der Waals surface area contributed by atoms with Gasteiger partial charge in [0.25, 0.3) is 11.8 Å². The number of β-lactam (4-membered cyclic amide) rings is 1. The molecule has 3 heterocycles. The number of anilines is 1. The van der Waals surface area contributed by atoms with Gasteiger partial charge in [-0.05, 0) is 44.2 Å². The van der Waals surface area contributed by atoms with Crippen molar-refractivity contribution in [1.29, 1.82) is 0 Å². The number of piperazine rings is 1. The first-order chi connectivity index (χ1) is 20.9. The molecule has 11 nitrogen and oxygen atoms in total. The molecule has 0 spiro atoms. The Hall–Kier alpha value is -4.00. The van der Waals surface area contributed by atoms with E-state index < -0.39 is 17.8 Å². The number of ether oxygens (including phenoxy) is 1. The zero-order valence-corrected chi connectivity index (χ0v) is 25.0. The van der Waals surface area contributed by atoms with Gasteiger partial charge in [0, 0.05) is 42.7 Å². The van der Waals surface area contributed by atoms with Crippen LogP contribution in [0.4, 0.5) is 5.13 Å². The summed E-state index contributed by atoms with van der Waals surface area (Å²) in [6, 6.07) is 15.6. The van der Waals surface area contributed by atoms with Crippen molar-refractivity contribution in [3.05, 3.63) is 65.5 Å². The third-order valence-electron chi connectivity index (χ3n) is 8.36. The van der Waals surface area contributed by atoms with Gasteiger partial charge < -0.3 is 25.6 Å². The molecule has 3 fully saturated rings. The summed E-state index contributed by atoms with van der Waals surface area (Å²) in [5.74, 6) is -0.405. The van der Waals surface area contributed by atoms with Crippen LogP contribution in [-0.2, 0) is 9.59 Å². The standard InChI is InChI=1S/C31H37N7O4S/c1-37-16-18-38(19-17-37)36-30-32-24(20-43-30)21-10-12-22(13-11-21)26(39)35-31(14-6-3-7-15-31)29(41)33-25-27(40)34-28(25)42-23-8-4-2-5-9-23/h2,4-5,8-13,20,25,28H,3,6-7,14-19H2,1H3,(H,32,36)(H,33,41)(H,34,40)(H,35,39)/t25-,28-/m1/s1. The van der Waals surface area contributed by atoms with Crippen LogP contribution in [0.25, 0.3) is 11.3 Å². The number of carbonyl (C=O) groups excluding carboxylic acids is 3. The van der Waals surface area contributed by atoms with E-state index in [-0.39, 0.29) is 17.7 Å². The maximum Gasteiger partial charge on any atom is 0.252 e. The van der Waals surface area contributed by atoms with Crippen LogP contribution in [0, 0.1) is 0 Å². The Kier molecular flexibility index (Phi) is 8.59. The second kappa shape index (κ2) is 12.7. The summed E-state index contributed by atoms with van der Waals surface area (Å²) < 4.78 is 5.85. The molecule has 1 aromatic heterocycles. The SMILES string of the molecule is CN1CCN(Nc2nc(-c3ccc(C(=O)NC4(C(=O)N[C@@H]5C(=O)N[C@@H]5Oc5ccccc5)CCCCC4)cc3)cs2)CC1. The fourth-order valence-electron chi connectivity index (χ4n) is 5.68. The lowest BCUT2D eigenvalue weighted by atomic mass is 9.80. The summed E-state index contributed by atoms with van der Waals surface area (Å²) in [6.45, 7) is 3.89. The summed E-state index contributed by atoms with van der Waals surface area (Å²) in [5, 5.41) is 13.6. The molecule has 1 saturated carbocycles. The molecular formula is C31H37N7O4S. The lowest BCUT2D eigenvalue weighted by molar-refractivity contribution is -0.145. The van der Waals surface area contributed by atoms with Gasteiger partial charge >= 0.3 is 0 Å². The Morgan fingerprint density at radius 2 is 1.72 bits per heavy atom. The topological polar surface area (TPSA) is 128 Å². The van der Waals surface area contributed by atoms with Crippen molar-refractivity contribution in [2.45, 2.75) is 49.9 Å². The minimum atomic E-state index is -1.10. The lowest BCUT2D eigenvalue weighted by Gasteiger charge is -2.41. The summed E-state index contributed by atoms with van der Waals surface area (Å²) in [7, 11) is 2.12.